The molecule has 3 aromatic rings. The third-order valence-electron chi connectivity index (χ3n) is 5.19. The van der Waals surface area contributed by atoms with E-state index in [2.05, 4.69) is 20.9 Å². The van der Waals surface area contributed by atoms with Crippen LogP contribution in [0.25, 0.3) is 6.08 Å². The number of benzene rings is 2. The van der Waals surface area contributed by atoms with Crippen LogP contribution < -0.4 is 19.6 Å². The molecule has 9 heteroatoms. The zero-order valence-corrected chi connectivity index (χ0v) is 21.3. The van der Waals surface area contributed by atoms with Gasteiger partial charge in [-0.15, -0.1) is 0 Å². The number of carbonyl (C=O) groups is 1. The van der Waals surface area contributed by atoms with E-state index in [-0.39, 0.29) is 12.2 Å². The van der Waals surface area contributed by atoms with Crippen molar-refractivity contribution in [2.75, 3.05) is 13.7 Å². The van der Waals surface area contributed by atoms with E-state index in [4.69, 9.17) is 21.1 Å². The van der Waals surface area contributed by atoms with Crippen LogP contribution in [0.3, 0.4) is 0 Å². The summed E-state index contributed by atoms with van der Waals surface area (Å²) in [5.41, 5.74) is 2.00. The smallest absolute Gasteiger partial charge is 0.338 e. The predicted octanol–water partition coefficient (Wildman–Crippen LogP) is 4.22. The molecule has 170 valence electrons. The van der Waals surface area contributed by atoms with Gasteiger partial charge in [0.25, 0.3) is 5.56 Å². The van der Waals surface area contributed by atoms with Crippen LogP contribution in [-0.4, -0.2) is 24.3 Å². The lowest BCUT2D eigenvalue weighted by Gasteiger charge is -2.25. The third kappa shape index (κ3) is 4.43. The van der Waals surface area contributed by atoms with Crippen LogP contribution in [0.2, 0.25) is 5.02 Å². The van der Waals surface area contributed by atoms with Gasteiger partial charge in [-0.3, -0.25) is 9.36 Å². The third-order valence-corrected chi connectivity index (χ3v) is 7.14. The highest BCUT2D eigenvalue weighted by atomic mass is 79.9. The normalized spacial score (nSPS) is 15.8. The van der Waals surface area contributed by atoms with Gasteiger partial charge in [-0.1, -0.05) is 47.2 Å². The maximum Gasteiger partial charge on any atom is 0.338 e. The fourth-order valence-corrected chi connectivity index (χ4v) is 5.55. The zero-order valence-electron chi connectivity index (χ0n) is 18.1. The molecule has 0 radical (unpaired) electrons. The van der Waals surface area contributed by atoms with Crippen LogP contribution in [0.15, 0.2) is 68.0 Å². The lowest BCUT2D eigenvalue weighted by atomic mass is 9.96. The fraction of sp³-hybridized carbons (Fsp3) is 0.208. The summed E-state index contributed by atoms with van der Waals surface area (Å²) >= 11 is 11.2. The predicted molar refractivity (Wildman–Crippen MR) is 133 cm³/mol. The maximum absolute atomic E-state index is 13.6. The topological polar surface area (TPSA) is 69.9 Å². The summed E-state index contributed by atoms with van der Waals surface area (Å²) in [5.74, 6) is 0.180. The van der Waals surface area contributed by atoms with Crippen molar-refractivity contribution in [2.45, 2.75) is 19.9 Å². The summed E-state index contributed by atoms with van der Waals surface area (Å²) in [4.78, 5) is 31.5. The molecule has 1 atom stereocenters. The molecule has 2 aromatic carbocycles. The van der Waals surface area contributed by atoms with E-state index in [0.717, 1.165) is 10.0 Å². The Kier molecular flexibility index (Phi) is 6.88. The molecule has 0 amide bonds. The summed E-state index contributed by atoms with van der Waals surface area (Å²) in [6.45, 7) is 3.69. The van der Waals surface area contributed by atoms with Gasteiger partial charge >= 0.3 is 5.97 Å². The molecule has 0 unspecified atom stereocenters. The zero-order chi connectivity index (χ0) is 23.7. The largest absolute Gasteiger partial charge is 0.496 e. The van der Waals surface area contributed by atoms with Crippen LogP contribution in [0.1, 0.15) is 31.0 Å². The Morgan fingerprint density at radius 1 is 1.30 bits per heavy atom. The molecule has 1 aliphatic heterocycles. The average molecular weight is 548 g/mol. The number of aromatic nitrogens is 1. The highest BCUT2D eigenvalue weighted by molar-refractivity contribution is 9.10. The summed E-state index contributed by atoms with van der Waals surface area (Å²) in [7, 11) is 1.59. The first-order chi connectivity index (χ1) is 15.8. The van der Waals surface area contributed by atoms with Crippen molar-refractivity contribution in [3.8, 4) is 5.75 Å². The van der Waals surface area contributed by atoms with Gasteiger partial charge in [0.2, 0.25) is 0 Å². The Bertz CT molecular complexity index is 1460. The van der Waals surface area contributed by atoms with Crippen molar-refractivity contribution in [1.82, 2.24) is 4.57 Å². The van der Waals surface area contributed by atoms with Crippen molar-refractivity contribution >= 4 is 50.9 Å². The van der Waals surface area contributed by atoms with Gasteiger partial charge in [-0.2, -0.15) is 0 Å². The molecule has 0 aliphatic carbocycles. The highest BCUT2D eigenvalue weighted by Gasteiger charge is 2.34. The quantitative estimate of drug-likeness (QED) is 0.449. The summed E-state index contributed by atoms with van der Waals surface area (Å²) in [5, 5.41) is 0.452. The Morgan fingerprint density at radius 3 is 2.73 bits per heavy atom. The second kappa shape index (κ2) is 9.67. The van der Waals surface area contributed by atoms with Gasteiger partial charge in [0, 0.05) is 5.02 Å². The molecule has 2 heterocycles. The van der Waals surface area contributed by atoms with Gasteiger partial charge in [-0.05, 0) is 65.2 Å². The van der Waals surface area contributed by atoms with E-state index in [0.29, 0.717) is 36.9 Å². The number of nitrogens with zero attached hydrogens (tertiary/aromatic N) is 2. The van der Waals surface area contributed by atoms with E-state index in [1.165, 1.54) is 15.9 Å². The molecule has 0 saturated heterocycles. The monoisotopic (exact) mass is 546 g/mol. The first-order valence-electron chi connectivity index (χ1n) is 10.1. The fourth-order valence-electron chi connectivity index (χ4n) is 3.71. The van der Waals surface area contributed by atoms with E-state index in [1.807, 2.05) is 30.3 Å². The number of fused-ring (bicyclic) bond motifs is 1. The van der Waals surface area contributed by atoms with E-state index >= 15 is 0 Å². The molecular formula is C24H20BrClN2O4S. The minimum Gasteiger partial charge on any atom is -0.496 e. The number of methoxy groups -OCH3 is 1. The average Bonchev–Trinajstić information content (AvgIpc) is 3.08. The van der Waals surface area contributed by atoms with Crippen LogP contribution in [-0.2, 0) is 9.53 Å². The number of halogens is 2. The van der Waals surface area contributed by atoms with Gasteiger partial charge in [0.15, 0.2) is 4.80 Å². The number of thiazole rings is 1. The Morgan fingerprint density at radius 2 is 2.06 bits per heavy atom. The first kappa shape index (κ1) is 23.5. The molecule has 1 aliphatic rings. The molecule has 6 nitrogen and oxygen atoms in total. The van der Waals surface area contributed by atoms with Crippen molar-refractivity contribution < 1.29 is 14.3 Å². The molecule has 0 saturated carbocycles. The first-order valence-corrected chi connectivity index (χ1v) is 12.1. The van der Waals surface area contributed by atoms with Gasteiger partial charge in [0.1, 0.15) is 11.8 Å². The van der Waals surface area contributed by atoms with Crippen LogP contribution in [0.5, 0.6) is 5.75 Å². The van der Waals surface area contributed by atoms with Gasteiger partial charge in [-0.25, -0.2) is 9.79 Å². The van der Waals surface area contributed by atoms with Gasteiger partial charge < -0.3 is 9.47 Å². The number of esters is 1. The van der Waals surface area contributed by atoms with E-state index < -0.39 is 12.0 Å². The number of ether oxygens (including phenoxy) is 2. The Balaban J connectivity index is 1.95. The Labute approximate surface area is 207 Å². The van der Waals surface area contributed by atoms with Crippen LogP contribution in [0, 0.1) is 0 Å². The number of carbonyl (C=O) groups excluding carboxylic acids is 1. The van der Waals surface area contributed by atoms with Crippen molar-refractivity contribution in [1.29, 1.82) is 0 Å². The number of rotatable bonds is 5. The standard InChI is InChI=1S/C24H20BrClN2O4S/c1-4-32-23(30)20-13(2)27-24-28(21(20)15-7-5-6-8-17(15)26)22(29)19(33-24)12-14-9-10-18(31-3)16(25)11-14/h5-12,21H,4H2,1-3H3/b19-12-/t21-/m1/s1. The van der Waals surface area contributed by atoms with Crippen LogP contribution in [0.4, 0.5) is 0 Å². The maximum atomic E-state index is 13.6. The summed E-state index contributed by atoms with van der Waals surface area (Å²) in [6, 6.07) is 12.0. The van der Waals surface area contributed by atoms with Crippen molar-refractivity contribution in [3.05, 3.63) is 94.0 Å². The van der Waals surface area contributed by atoms with Gasteiger partial charge in [0.05, 0.1) is 34.0 Å². The molecule has 4 rings (SSSR count). The second-order valence-electron chi connectivity index (χ2n) is 7.22. The lowest BCUT2D eigenvalue weighted by Crippen LogP contribution is -2.40. The lowest BCUT2D eigenvalue weighted by molar-refractivity contribution is -0.139. The molecule has 33 heavy (non-hydrogen) atoms. The molecule has 0 spiro atoms. The molecule has 0 bridgehead atoms. The molecule has 0 N–H and O–H groups in total. The Hall–Kier alpha value is -2.68. The number of allylic oxidation sites excluding steroid dienone is 1. The van der Waals surface area contributed by atoms with E-state index in [9.17, 15) is 9.59 Å². The molecule has 1 aromatic heterocycles. The minimum atomic E-state index is -0.737. The highest BCUT2D eigenvalue weighted by Crippen LogP contribution is 2.34. The minimum absolute atomic E-state index is 0.210. The second-order valence-corrected chi connectivity index (χ2v) is 9.49. The number of hydrogen-bond acceptors (Lipinski definition) is 6. The molecule has 0 fully saturated rings. The van der Waals surface area contributed by atoms with Crippen molar-refractivity contribution in [3.63, 3.8) is 0 Å². The summed E-state index contributed by atoms with van der Waals surface area (Å²) < 4.78 is 13.4. The number of hydrogen-bond donors (Lipinski definition) is 0. The SMILES string of the molecule is CCOC(=O)C1=C(C)N=c2s/c(=C\c3ccc(OC)c(Br)c3)c(=O)n2[C@@H]1c1ccccc1Cl. The van der Waals surface area contributed by atoms with Crippen LogP contribution >= 0.6 is 38.9 Å². The van der Waals surface area contributed by atoms with E-state index in [1.54, 1.807) is 39.2 Å². The molecular weight excluding hydrogens is 528 g/mol. The summed E-state index contributed by atoms with van der Waals surface area (Å²) in [6.07, 6.45) is 1.79. The van der Waals surface area contributed by atoms with Crippen molar-refractivity contribution in [2.24, 2.45) is 4.99 Å².